The first-order valence-corrected chi connectivity index (χ1v) is 10.5. The average molecular weight is 443 g/mol. The van der Waals surface area contributed by atoms with Crippen molar-refractivity contribution in [1.29, 1.82) is 0 Å². The van der Waals surface area contributed by atoms with Gasteiger partial charge >= 0.3 is 0 Å². The molecular weight excluding hydrogens is 421 g/mol. The minimum atomic E-state index is -0.485. The van der Waals surface area contributed by atoms with Crippen molar-refractivity contribution in [1.82, 2.24) is 15.1 Å². The molecule has 7 heteroatoms. The predicted molar refractivity (Wildman–Crippen MR) is 122 cm³/mol. The molecule has 0 saturated carbocycles. The first kappa shape index (κ1) is 20.8. The van der Waals surface area contributed by atoms with Crippen molar-refractivity contribution >= 4 is 5.91 Å². The number of nitrogens with zero attached hydrogens (tertiary/aromatic N) is 2. The molecule has 0 aliphatic carbocycles. The maximum atomic E-state index is 14.2. The molecule has 3 aromatic carbocycles. The van der Waals surface area contributed by atoms with Crippen LogP contribution in [0.1, 0.15) is 33.2 Å². The fraction of sp³-hybridized carbons (Fsp3) is 0.154. The molecule has 6 nitrogen and oxygen atoms in total. The van der Waals surface area contributed by atoms with Gasteiger partial charge in [0, 0.05) is 17.7 Å². The van der Waals surface area contributed by atoms with Crippen molar-refractivity contribution in [2.45, 2.75) is 12.6 Å². The Morgan fingerprint density at radius 2 is 1.64 bits per heavy atom. The number of halogens is 1. The second-order valence-corrected chi connectivity index (χ2v) is 7.83. The van der Waals surface area contributed by atoms with Gasteiger partial charge in [-0.1, -0.05) is 24.3 Å². The Kier molecular flexibility index (Phi) is 5.30. The largest absolute Gasteiger partial charge is 0.497 e. The van der Waals surface area contributed by atoms with Gasteiger partial charge < -0.3 is 14.4 Å². The van der Waals surface area contributed by atoms with E-state index >= 15 is 0 Å². The third-order valence-electron chi connectivity index (χ3n) is 5.90. The number of rotatable bonds is 6. The van der Waals surface area contributed by atoms with Crippen LogP contribution in [0.3, 0.4) is 0 Å². The molecule has 1 aromatic heterocycles. The molecule has 0 radical (unpaired) electrons. The van der Waals surface area contributed by atoms with Gasteiger partial charge in [0.2, 0.25) is 0 Å². The molecule has 33 heavy (non-hydrogen) atoms. The standard InChI is InChI=1S/C26H22FN3O3/c1-32-20-10-6-16(7-11-20)15-30-25(18-4-3-5-19(27)14-18)22-23(28-29-24(22)26(30)31)17-8-12-21(33-2)13-9-17/h3-14,25H,15H2,1-2H3,(H,28,29). The molecule has 0 bridgehead atoms. The summed E-state index contributed by atoms with van der Waals surface area (Å²) in [5.74, 6) is 0.934. The summed E-state index contributed by atoms with van der Waals surface area (Å²) in [5, 5.41) is 7.38. The smallest absolute Gasteiger partial charge is 0.273 e. The van der Waals surface area contributed by atoms with Gasteiger partial charge in [0.05, 0.1) is 26.0 Å². The van der Waals surface area contributed by atoms with E-state index in [1.807, 2.05) is 54.6 Å². The number of H-pyrrole nitrogens is 1. The van der Waals surface area contributed by atoms with Crippen molar-refractivity contribution in [3.63, 3.8) is 0 Å². The predicted octanol–water partition coefficient (Wildman–Crippen LogP) is 4.98. The second-order valence-electron chi connectivity index (χ2n) is 7.83. The molecule has 166 valence electrons. The van der Waals surface area contributed by atoms with Gasteiger partial charge in [0.25, 0.3) is 5.91 Å². The number of methoxy groups -OCH3 is 2. The van der Waals surface area contributed by atoms with Crippen molar-refractivity contribution in [3.05, 3.63) is 101 Å². The van der Waals surface area contributed by atoms with Crippen LogP contribution in [0.5, 0.6) is 11.5 Å². The molecule has 1 aliphatic rings. The van der Waals surface area contributed by atoms with E-state index < -0.39 is 6.04 Å². The maximum absolute atomic E-state index is 14.2. The van der Waals surface area contributed by atoms with Gasteiger partial charge in [-0.15, -0.1) is 0 Å². The van der Waals surface area contributed by atoms with E-state index in [2.05, 4.69) is 10.2 Å². The lowest BCUT2D eigenvalue weighted by Gasteiger charge is -2.26. The SMILES string of the molecule is COc1ccc(CN2C(=O)c3[nH]nc(-c4ccc(OC)cc4)c3C2c2cccc(F)c2)cc1. The number of fused-ring (bicyclic) bond motifs is 1. The van der Waals surface area contributed by atoms with Crippen molar-refractivity contribution in [2.24, 2.45) is 0 Å². The highest BCUT2D eigenvalue weighted by atomic mass is 19.1. The Hall–Kier alpha value is -4.13. The van der Waals surface area contributed by atoms with Crippen molar-refractivity contribution in [2.75, 3.05) is 14.2 Å². The zero-order chi connectivity index (χ0) is 22.9. The second kappa shape index (κ2) is 8.43. The highest BCUT2D eigenvalue weighted by Crippen LogP contribution is 2.43. The number of carbonyl (C=O) groups is 1. The molecule has 1 N–H and O–H groups in total. The van der Waals surface area contributed by atoms with Crippen LogP contribution in [0.4, 0.5) is 4.39 Å². The first-order chi connectivity index (χ1) is 16.1. The molecule has 4 aromatic rings. The quantitative estimate of drug-likeness (QED) is 0.457. The van der Waals surface area contributed by atoms with E-state index in [1.165, 1.54) is 12.1 Å². The Bertz CT molecular complexity index is 1300. The van der Waals surface area contributed by atoms with E-state index in [0.29, 0.717) is 23.5 Å². The Morgan fingerprint density at radius 1 is 0.970 bits per heavy atom. The number of ether oxygens (including phenoxy) is 2. The van der Waals surface area contributed by atoms with Crippen LogP contribution in [0.15, 0.2) is 72.8 Å². The summed E-state index contributed by atoms with van der Waals surface area (Å²) in [6, 6.07) is 20.9. The van der Waals surface area contributed by atoms with Gasteiger partial charge in [0.1, 0.15) is 23.0 Å². The molecule has 0 saturated heterocycles. The molecule has 0 spiro atoms. The number of hydrogen-bond donors (Lipinski definition) is 1. The van der Waals surface area contributed by atoms with E-state index in [9.17, 15) is 9.18 Å². The highest BCUT2D eigenvalue weighted by Gasteiger charge is 2.42. The lowest BCUT2D eigenvalue weighted by Crippen LogP contribution is -2.29. The summed E-state index contributed by atoms with van der Waals surface area (Å²) in [6.45, 7) is 0.356. The molecule has 5 rings (SSSR count). The summed E-state index contributed by atoms with van der Waals surface area (Å²) >= 11 is 0. The van der Waals surface area contributed by atoms with Gasteiger partial charge in [-0.2, -0.15) is 5.10 Å². The lowest BCUT2D eigenvalue weighted by molar-refractivity contribution is 0.0730. The Morgan fingerprint density at radius 3 is 2.27 bits per heavy atom. The average Bonchev–Trinajstić information content (AvgIpc) is 3.39. The van der Waals surface area contributed by atoms with Crippen LogP contribution in [0, 0.1) is 5.82 Å². The Balaban J connectivity index is 1.60. The maximum Gasteiger partial charge on any atom is 0.273 e. The summed E-state index contributed by atoms with van der Waals surface area (Å²) in [6.07, 6.45) is 0. The summed E-state index contributed by atoms with van der Waals surface area (Å²) in [4.78, 5) is 15.2. The molecular formula is C26H22FN3O3. The number of benzene rings is 3. The third-order valence-corrected chi connectivity index (χ3v) is 5.90. The van der Waals surface area contributed by atoms with Crippen LogP contribution in [-0.2, 0) is 6.54 Å². The van der Waals surface area contributed by atoms with Gasteiger partial charge in [-0.05, 0) is 59.7 Å². The summed E-state index contributed by atoms with van der Waals surface area (Å²) in [5.41, 5.74) is 4.29. The summed E-state index contributed by atoms with van der Waals surface area (Å²) < 4.78 is 24.7. The van der Waals surface area contributed by atoms with E-state index in [4.69, 9.17) is 9.47 Å². The minimum Gasteiger partial charge on any atom is -0.497 e. The number of nitrogens with one attached hydrogen (secondary N) is 1. The first-order valence-electron chi connectivity index (χ1n) is 10.5. The number of aromatic amines is 1. The number of aromatic nitrogens is 2. The molecule has 0 fully saturated rings. The normalized spacial score (nSPS) is 14.9. The van der Waals surface area contributed by atoms with Crippen LogP contribution >= 0.6 is 0 Å². The monoisotopic (exact) mass is 443 g/mol. The number of hydrogen-bond acceptors (Lipinski definition) is 4. The van der Waals surface area contributed by atoms with Gasteiger partial charge in [0.15, 0.2) is 0 Å². The van der Waals surface area contributed by atoms with Crippen LogP contribution in [-0.4, -0.2) is 35.2 Å². The molecule has 2 heterocycles. The zero-order valence-electron chi connectivity index (χ0n) is 18.2. The van der Waals surface area contributed by atoms with E-state index in [0.717, 1.165) is 28.2 Å². The molecule has 1 atom stereocenters. The van der Waals surface area contributed by atoms with Gasteiger partial charge in [-0.25, -0.2) is 4.39 Å². The molecule has 1 aliphatic heterocycles. The fourth-order valence-electron chi connectivity index (χ4n) is 4.28. The van der Waals surface area contributed by atoms with Crippen LogP contribution in [0.25, 0.3) is 11.3 Å². The topological polar surface area (TPSA) is 67.5 Å². The zero-order valence-corrected chi connectivity index (χ0v) is 18.2. The van der Waals surface area contributed by atoms with E-state index in [1.54, 1.807) is 25.2 Å². The number of carbonyl (C=O) groups excluding carboxylic acids is 1. The number of amides is 1. The third kappa shape index (κ3) is 3.71. The minimum absolute atomic E-state index is 0.178. The van der Waals surface area contributed by atoms with Crippen LogP contribution in [0.2, 0.25) is 0 Å². The fourth-order valence-corrected chi connectivity index (χ4v) is 4.28. The van der Waals surface area contributed by atoms with Gasteiger partial charge in [-0.3, -0.25) is 9.89 Å². The Labute approximate surface area is 190 Å². The van der Waals surface area contributed by atoms with E-state index in [-0.39, 0.29) is 11.7 Å². The summed E-state index contributed by atoms with van der Waals surface area (Å²) in [7, 11) is 3.22. The van der Waals surface area contributed by atoms with Crippen molar-refractivity contribution < 1.29 is 18.7 Å². The van der Waals surface area contributed by atoms with Crippen LogP contribution < -0.4 is 9.47 Å². The molecule has 1 amide bonds. The van der Waals surface area contributed by atoms with Crippen molar-refractivity contribution in [3.8, 4) is 22.8 Å². The highest BCUT2D eigenvalue weighted by molar-refractivity contribution is 6.00. The lowest BCUT2D eigenvalue weighted by atomic mass is 9.95. The molecule has 1 unspecified atom stereocenters.